The first-order chi connectivity index (χ1) is 14.7. The summed E-state index contributed by atoms with van der Waals surface area (Å²) in [5.74, 6) is 1.80. The Balaban J connectivity index is 0.00000231. The van der Waals surface area contributed by atoms with Gasteiger partial charge in [-0.25, -0.2) is 4.98 Å². The van der Waals surface area contributed by atoms with Gasteiger partial charge in [0.1, 0.15) is 0 Å². The highest BCUT2D eigenvalue weighted by Crippen LogP contribution is 2.35. The molecule has 0 saturated carbocycles. The highest BCUT2D eigenvalue weighted by molar-refractivity contribution is 5.93. The lowest BCUT2D eigenvalue weighted by atomic mass is 9.89. The number of rotatable bonds is 4. The monoisotopic (exact) mass is 431 g/mol. The maximum absolute atomic E-state index is 4.89. The third kappa shape index (κ3) is 4.07. The first-order valence-electron chi connectivity index (χ1n) is 11.0. The molecule has 0 amide bonds. The Hall–Kier alpha value is -2.78. The second-order valence-corrected chi connectivity index (χ2v) is 8.48. The van der Waals surface area contributed by atoms with Crippen molar-refractivity contribution in [2.24, 2.45) is 0 Å². The highest BCUT2D eigenvalue weighted by atomic mass is 35.5. The fraction of sp³-hybridized carbons (Fsp3) is 0.296. The summed E-state index contributed by atoms with van der Waals surface area (Å²) in [4.78, 5) is 7.39. The summed E-state index contributed by atoms with van der Waals surface area (Å²) in [6, 6.07) is 23.9. The van der Waals surface area contributed by atoms with Gasteiger partial charge >= 0.3 is 0 Å². The summed E-state index contributed by atoms with van der Waals surface area (Å²) in [7, 11) is 0. The maximum atomic E-state index is 4.89. The Morgan fingerprint density at radius 1 is 0.871 bits per heavy atom. The normalized spacial score (nSPS) is 14.6. The molecule has 0 spiro atoms. The molecule has 0 bridgehead atoms. The van der Waals surface area contributed by atoms with E-state index in [0.29, 0.717) is 5.92 Å². The largest absolute Gasteiger partial charge is 0.355 e. The lowest BCUT2D eigenvalue weighted by Gasteiger charge is -2.33. The molecule has 1 saturated heterocycles. The Morgan fingerprint density at radius 2 is 1.52 bits per heavy atom. The van der Waals surface area contributed by atoms with Gasteiger partial charge in [-0.15, -0.1) is 12.4 Å². The molecule has 0 unspecified atom stereocenters. The third-order valence-electron chi connectivity index (χ3n) is 6.78. The van der Waals surface area contributed by atoms with Gasteiger partial charge in [-0.2, -0.15) is 0 Å². The number of piperidine rings is 1. The summed E-state index contributed by atoms with van der Waals surface area (Å²) in [5.41, 5.74) is 6.79. The molecule has 2 aromatic heterocycles. The van der Waals surface area contributed by atoms with Gasteiger partial charge in [-0.3, -0.25) is 0 Å². The number of hydrogen-bond acceptors (Lipinski definition) is 2. The molecular formula is C27H30ClN3. The van der Waals surface area contributed by atoms with E-state index < -0.39 is 0 Å². The Morgan fingerprint density at radius 3 is 2.19 bits per heavy atom. The molecule has 3 heterocycles. The van der Waals surface area contributed by atoms with Crippen LogP contribution in [0.15, 0.2) is 72.9 Å². The van der Waals surface area contributed by atoms with E-state index in [2.05, 4.69) is 90.0 Å². The van der Waals surface area contributed by atoms with Crippen molar-refractivity contribution in [2.45, 2.75) is 39.2 Å². The van der Waals surface area contributed by atoms with Gasteiger partial charge in [0.2, 0.25) is 0 Å². The number of pyridine rings is 1. The first kappa shape index (κ1) is 21.5. The number of aryl methyl sites for hydroxylation is 1. The minimum absolute atomic E-state index is 0. The van der Waals surface area contributed by atoms with Crippen molar-refractivity contribution in [1.82, 2.24) is 9.55 Å². The van der Waals surface area contributed by atoms with E-state index in [-0.39, 0.29) is 12.4 Å². The molecule has 1 aliphatic heterocycles. The number of hydrogen-bond donors (Lipinski definition) is 0. The lowest BCUT2D eigenvalue weighted by molar-refractivity contribution is 0.503. The van der Waals surface area contributed by atoms with E-state index in [0.717, 1.165) is 25.5 Å². The third-order valence-corrected chi connectivity index (χ3v) is 6.78. The van der Waals surface area contributed by atoms with E-state index in [4.69, 9.17) is 4.98 Å². The molecule has 1 aliphatic rings. The van der Waals surface area contributed by atoms with Crippen LogP contribution in [0.1, 0.15) is 41.1 Å². The molecule has 2 aromatic carbocycles. The smallest absolute Gasteiger partial charge is 0.153 e. The van der Waals surface area contributed by atoms with Crippen LogP contribution >= 0.6 is 12.4 Å². The predicted octanol–water partition coefficient (Wildman–Crippen LogP) is 6.51. The Labute approximate surface area is 191 Å². The van der Waals surface area contributed by atoms with Crippen LogP contribution in [0.5, 0.6) is 0 Å². The summed E-state index contributed by atoms with van der Waals surface area (Å²) in [5, 5.41) is 1.33. The van der Waals surface area contributed by atoms with Gasteiger partial charge < -0.3 is 9.47 Å². The predicted molar refractivity (Wildman–Crippen MR) is 133 cm³/mol. The number of halogens is 1. The number of nitrogens with zero attached hydrogens (tertiary/aromatic N) is 3. The average molecular weight is 432 g/mol. The Bertz CT molecular complexity index is 1140. The van der Waals surface area contributed by atoms with Gasteiger partial charge in [0.15, 0.2) is 5.82 Å². The average Bonchev–Trinajstić information content (AvgIpc) is 3.05. The molecule has 31 heavy (non-hydrogen) atoms. The minimum atomic E-state index is 0. The molecule has 1 fully saturated rings. The van der Waals surface area contributed by atoms with Crippen molar-refractivity contribution in [3.05, 3.63) is 95.3 Å². The van der Waals surface area contributed by atoms with Crippen LogP contribution < -0.4 is 4.90 Å². The summed E-state index contributed by atoms with van der Waals surface area (Å²) in [6.45, 7) is 7.48. The van der Waals surface area contributed by atoms with Crippen LogP contribution in [0.2, 0.25) is 0 Å². The zero-order valence-electron chi connectivity index (χ0n) is 18.3. The van der Waals surface area contributed by atoms with Crippen molar-refractivity contribution in [1.29, 1.82) is 0 Å². The molecule has 4 heteroatoms. The molecule has 0 N–H and O–H groups in total. The van der Waals surface area contributed by atoms with Crippen LogP contribution in [0.4, 0.5) is 5.82 Å². The fourth-order valence-electron chi connectivity index (χ4n) is 4.92. The van der Waals surface area contributed by atoms with E-state index in [9.17, 15) is 0 Å². The van der Waals surface area contributed by atoms with Crippen LogP contribution in [0, 0.1) is 13.8 Å². The second kappa shape index (κ2) is 9.15. The first-order valence-corrected chi connectivity index (χ1v) is 11.0. The number of benzene rings is 2. The van der Waals surface area contributed by atoms with Gasteiger partial charge in [0.25, 0.3) is 0 Å². The van der Waals surface area contributed by atoms with Crippen molar-refractivity contribution >= 4 is 29.1 Å². The van der Waals surface area contributed by atoms with Crippen LogP contribution in [0.3, 0.4) is 0 Å². The van der Waals surface area contributed by atoms with Crippen molar-refractivity contribution in [2.75, 3.05) is 18.0 Å². The number of fused-ring (bicyclic) bond motifs is 1. The molecule has 4 aromatic rings. The van der Waals surface area contributed by atoms with Crippen molar-refractivity contribution < 1.29 is 0 Å². The molecular weight excluding hydrogens is 402 g/mol. The van der Waals surface area contributed by atoms with Gasteiger partial charge in [-0.05, 0) is 55.4 Å². The topological polar surface area (TPSA) is 21.1 Å². The van der Waals surface area contributed by atoms with Crippen molar-refractivity contribution in [3.8, 4) is 0 Å². The lowest BCUT2D eigenvalue weighted by Crippen LogP contribution is -2.33. The van der Waals surface area contributed by atoms with Gasteiger partial charge in [-0.1, -0.05) is 60.7 Å². The summed E-state index contributed by atoms with van der Waals surface area (Å²) >= 11 is 0. The summed E-state index contributed by atoms with van der Waals surface area (Å²) < 4.78 is 2.46. The molecule has 5 rings (SSSR count). The zero-order valence-corrected chi connectivity index (χ0v) is 19.1. The zero-order chi connectivity index (χ0) is 20.5. The molecule has 0 aliphatic carbocycles. The highest BCUT2D eigenvalue weighted by Gasteiger charge is 2.25. The molecule has 0 atom stereocenters. The SMILES string of the molecule is Cc1c(C)n(Cc2ccccc2)c2c(N3CCC(c4ccccc4)CC3)nccc12.Cl. The number of aromatic nitrogens is 2. The molecule has 0 radical (unpaired) electrons. The van der Waals surface area contributed by atoms with Gasteiger partial charge in [0.05, 0.1) is 5.52 Å². The molecule has 3 nitrogen and oxygen atoms in total. The van der Waals surface area contributed by atoms with Crippen LogP contribution in [-0.2, 0) is 6.54 Å². The van der Waals surface area contributed by atoms with Crippen LogP contribution in [0.25, 0.3) is 10.9 Å². The maximum Gasteiger partial charge on any atom is 0.153 e. The van der Waals surface area contributed by atoms with E-state index >= 15 is 0 Å². The second-order valence-electron chi connectivity index (χ2n) is 8.48. The van der Waals surface area contributed by atoms with E-state index in [1.165, 1.54) is 46.1 Å². The van der Waals surface area contributed by atoms with Crippen molar-refractivity contribution in [3.63, 3.8) is 0 Å². The fourth-order valence-corrected chi connectivity index (χ4v) is 4.92. The standard InChI is InChI=1S/C27H29N3.ClH/c1-20-21(2)30(19-22-9-5-3-6-10-22)26-25(20)13-16-28-27(26)29-17-14-24(15-18-29)23-11-7-4-8-12-23;/h3-13,16,24H,14-15,17-19H2,1-2H3;1H. The van der Waals surface area contributed by atoms with Crippen LogP contribution in [-0.4, -0.2) is 22.6 Å². The summed E-state index contributed by atoms with van der Waals surface area (Å²) in [6.07, 6.45) is 4.35. The van der Waals surface area contributed by atoms with Gasteiger partial charge in [0, 0.05) is 36.9 Å². The van der Waals surface area contributed by atoms with E-state index in [1.807, 2.05) is 6.20 Å². The Kier molecular flexibility index (Phi) is 6.33. The minimum Gasteiger partial charge on any atom is -0.355 e. The molecule has 160 valence electrons. The van der Waals surface area contributed by atoms with E-state index in [1.54, 1.807) is 0 Å². The quantitative estimate of drug-likeness (QED) is 0.367. The number of anilines is 1.